The van der Waals surface area contributed by atoms with Gasteiger partial charge in [-0.3, -0.25) is 14.6 Å². The first-order valence-electron chi connectivity index (χ1n) is 6.31. The van der Waals surface area contributed by atoms with Crippen LogP contribution < -0.4 is 10.6 Å². The lowest BCUT2D eigenvalue weighted by atomic mass is 10.2. The fraction of sp³-hybridized carbons (Fsp3) is 0.133. The molecule has 0 aliphatic heterocycles. The van der Waals surface area contributed by atoms with Crippen LogP contribution in [0.15, 0.2) is 42.6 Å². The van der Waals surface area contributed by atoms with E-state index < -0.39 is 0 Å². The Morgan fingerprint density at radius 2 is 2.05 bits per heavy atom. The van der Waals surface area contributed by atoms with Gasteiger partial charge in [0.05, 0.1) is 0 Å². The van der Waals surface area contributed by atoms with Gasteiger partial charge in [-0.15, -0.1) is 0 Å². The molecular formula is C15H14ClN3O2. The number of rotatable bonds is 4. The van der Waals surface area contributed by atoms with Crippen LogP contribution >= 0.6 is 11.6 Å². The number of nitrogens with one attached hydrogen (secondary N) is 2. The van der Waals surface area contributed by atoms with Gasteiger partial charge in [0.2, 0.25) is 5.91 Å². The Balaban J connectivity index is 1.99. The highest BCUT2D eigenvalue weighted by Crippen LogP contribution is 2.11. The third kappa shape index (κ3) is 4.57. The zero-order valence-electron chi connectivity index (χ0n) is 11.4. The van der Waals surface area contributed by atoms with E-state index in [0.29, 0.717) is 17.3 Å². The molecule has 2 aromatic rings. The van der Waals surface area contributed by atoms with Crippen molar-refractivity contribution < 1.29 is 9.59 Å². The Bertz CT molecular complexity index is 673. The summed E-state index contributed by atoms with van der Waals surface area (Å²) < 4.78 is 0. The van der Waals surface area contributed by atoms with Gasteiger partial charge in [-0.25, -0.2) is 0 Å². The number of anilines is 1. The molecule has 21 heavy (non-hydrogen) atoms. The number of hydrogen-bond donors (Lipinski definition) is 2. The highest BCUT2D eigenvalue weighted by atomic mass is 35.5. The fourth-order valence-electron chi connectivity index (χ4n) is 1.76. The maximum Gasteiger partial charge on any atom is 0.270 e. The van der Waals surface area contributed by atoms with Gasteiger partial charge < -0.3 is 10.6 Å². The smallest absolute Gasteiger partial charge is 0.270 e. The van der Waals surface area contributed by atoms with Gasteiger partial charge in [0.25, 0.3) is 5.91 Å². The van der Waals surface area contributed by atoms with Gasteiger partial charge in [0, 0.05) is 30.4 Å². The van der Waals surface area contributed by atoms with Crippen LogP contribution in [0.3, 0.4) is 0 Å². The van der Waals surface area contributed by atoms with Crippen LogP contribution in [0, 0.1) is 0 Å². The number of nitrogens with zero attached hydrogens (tertiary/aromatic N) is 1. The van der Waals surface area contributed by atoms with Crippen molar-refractivity contribution in [2.24, 2.45) is 0 Å². The molecule has 1 aromatic carbocycles. The van der Waals surface area contributed by atoms with E-state index in [9.17, 15) is 9.59 Å². The molecule has 0 radical (unpaired) electrons. The number of carbonyl (C=O) groups is 2. The van der Waals surface area contributed by atoms with Gasteiger partial charge in [0.1, 0.15) is 5.69 Å². The molecule has 0 spiro atoms. The topological polar surface area (TPSA) is 71.1 Å². The molecule has 108 valence electrons. The minimum absolute atomic E-state index is 0.140. The third-order valence-corrected chi connectivity index (χ3v) is 2.89. The molecule has 0 bridgehead atoms. The summed E-state index contributed by atoms with van der Waals surface area (Å²) in [7, 11) is 0. The van der Waals surface area contributed by atoms with Crippen molar-refractivity contribution in [3.63, 3.8) is 0 Å². The van der Waals surface area contributed by atoms with Crippen LogP contribution in [0.4, 0.5) is 5.69 Å². The zero-order valence-corrected chi connectivity index (χ0v) is 12.1. The number of benzene rings is 1. The average molecular weight is 304 g/mol. The van der Waals surface area contributed by atoms with Crippen molar-refractivity contribution in [2.75, 3.05) is 5.32 Å². The molecule has 6 heteroatoms. The lowest BCUT2D eigenvalue weighted by Gasteiger charge is -2.07. The van der Waals surface area contributed by atoms with E-state index in [4.69, 9.17) is 11.6 Å². The van der Waals surface area contributed by atoms with Crippen LogP contribution in [0.25, 0.3) is 0 Å². The Labute approximate surface area is 127 Å². The molecule has 2 amide bonds. The molecule has 0 aliphatic carbocycles. The van der Waals surface area contributed by atoms with Gasteiger partial charge in [-0.2, -0.15) is 0 Å². The summed E-state index contributed by atoms with van der Waals surface area (Å²) in [6, 6.07) is 10.4. The molecule has 2 N–H and O–H groups in total. The van der Waals surface area contributed by atoms with Crippen LogP contribution in [-0.2, 0) is 11.3 Å². The normalized spacial score (nSPS) is 10.0. The minimum atomic E-state index is -0.303. The molecule has 0 saturated heterocycles. The summed E-state index contributed by atoms with van der Waals surface area (Å²) in [6.45, 7) is 1.78. The minimum Gasteiger partial charge on any atom is -0.347 e. The van der Waals surface area contributed by atoms with Crippen molar-refractivity contribution in [1.82, 2.24) is 10.3 Å². The number of pyridine rings is 1. The Kier molecular flexibility index (Phi) is 4.90. The summed E-state index contributed by atoms with van der Waals surface area (Å²) in [5.74, 6) is -0.443. The van der Waals surface area contributed by atoms with Crippen molar-refractivity contribution in [3.8, 4) is 0 Å². The van der Waals surface area contributed by atoms with E-state index in [1.165, 1.54) is 19.2 Å². The number of amides is 2. The maximum absolute atomic E-state index is 11.9. The second kappa shape index (κ2) is 6.85. The molecule has 0 saturated carbocycles. The zero-order chi connectivity index (χ0) is 15.2. The van der Waals surface area contributed by atoms with Crippen molar-refractivity contribution in [2.45, 2.75) is 13.5 Å². The monoisotopic (exact) mass is 303 g/mol. The van der Waals surface area contributed by atoms with E-state index >= 15 is 0 Å². The summed E-state index contributed by atoms with van der Waals surface area (Å²) in [6.07, 6.45) is 1.48. The molecule has 1 aromatic heterocycles. The van der Waals surface area contributed by atoms with Gasteiger partial charge in [0.15, 0.2) is 0 Å². The van der Waals surface area contributed by atoms with Gasteiger partial charge in [-0.05, 0) is 29.8 Å². The maximum atomic E-state index is 11.9. The predicted octanol–water partition coefficient (Wildman–Crippen LogP) is 2.62. The van der Waals surface area contributed by atoms with Crippen LogP contribution in [0.2, 0.25) is 5.02 Å². The largest absolute Gasteiger partial charge is 0.347 e. The molecule has 0 aliphatic rings. The highest BCUT2D eigenvalue weighted by molar-refractivity contribution is 6.30. The number of aromatic nitrogens is 1. The third-order valence-electron chi connectivity index (χ3n) is 2.66. The van der Waals surface area contributed by atoms with Crippen molar-refractivity contribution in [1.29, 1.82) is 0 Å². The predicted molar refractivity (Wildman–Crippen MR) is 81.2 cm³/mol. The molecule has 2 rings (SSSR count). The molecule has 5 nitrogen and oxygen atoms in total. The first-order chi connectivity index (χ1) is 10.0. The number of halogens is 1. The molecule has 0 unspecified atom stereocenters. The lowest BCUT2D eigenvalue weighted by Crippen LogP contribution is -2.23. The van der Waals surface area contributed by atoms with Crippen LogP contribution in [0.1, 0.15) is 23.0 Å². The van der Waals surface area contributed by atoms with Crippen LogP contribution in [0.5, 0.6) is 0 Å². The van der Waals surface area contributed by atoms with Gasteiger partial charge in [-0.1, -0.05) is 23.7 Å². The van der Waals surface area contributed by atoms with Crippen molar-refractivity contribution >= 4 is 29.1 Å². The SMILES string of the molecule is CC(=O)Nc1cccc(CNC(=O)c2cc(Cl)ccn2)c1. The summed E-state index contributed by atoms with van der Waals surface area (Å²) in [4.78, 5) is 26.9. The Morgan fingerprint density at radius 3 is 2.76 bits per heavy atom. The lowest BCUT2D eigenvalue weighted by molar-refractivity contribution is -0.114. The van der Waals surface area contributed by atoms with E-state index in [-0.39, 0.29) is 17.5 Å². The molecule has 0 fully saturated rings. The van der Waals surface area contributed by atoms with Gasteiger partial charge >= 0.3 is 0 Å². The van der Waals surface area contributed by atoms with E-state index in [2.05, 4.69) is 15.6 Å². The molecule has 1 heterocycles. The quantitative estimate of drug-likeness (QED) is 0.912. The number of hydrogen-bond acceptors (Lipinski definition) is 3. The highest BCUT2D eigenvalue weighted by Gasteiger charge is 2.07. The summed E-state index contributed by atoms with van der Waals surface area (Å²) >= 11 is 5.82. The standard InChI is InChI=1S/C15H14ClN3O2/c1-10(20)19-13-4-2-3-11(7-13)9-18-15(21)14-8-12(16)5-6-17-14/h2-8H,9H2,1H3,(H,18,21)(H,19,20). The fourth-order valence-corrected chi connectivity index (χ4v) is 1.92. The van der Waals surface area contributed by atoms with E-state index in [1.807, 2.05) is 12.1 Å². The second-order valence-corrected chi connectivity index (χ2v) is 4.86. The summed E-state index contributed by atoms with van der Waals surface area (Å²) in [5, 5.41) is 5.90. The average Bonchev–Trinajstić information content (AvgIpc) is 2.44. The Hall–Kier alpha value is -2.40. The van der Waals surface area contributed by atoms with Crippen molar-refractivity contribution in [3.05, 3.63) is 58.9 Å². The Morgan fingerprint density at radius 1 is 1.24 bits per heavy atom. The van der Waals surface area contributed by atoms with E-state index in [1.54, 1.807) is 18.2 Å². The second-order valence-electron chi connectivity index (χ2n) is 4.42. The first-order valence-corrected chi connectivity index (χ1v) is 6.68. The summed E-state index contributed by atoms with van der Waals surface area (Å²) in [5.41, 5.74) is 1.83. The molecule has 0 atom stereocenters. The first kappa shape index (κ1) is 15.0. The number of carbonyl (C=O) groups excluding carboxylic acids is 2. The van der Waals surface area contributed by atoms with E-state index in [0.717, 1.165) is 5.56 Å². The molecular weight excluding hydrogens is 290 g/mol. The van der Waals surface area contributed by atoms with Crippen LogP contribution in [-0.4, -0.2) is 16.8 Å².